The number of allylic oxidation sites excluding steroid dienone is 2. The van der Waals surface area contributed by atoms with E-state index < -0.39 is 0 Å². The fourth-order valence-electron chi connectivity index (χ4n) is 4.32. The second-order valence-corrected chi connectivity index (χ2v) is 9.03. The van der Waals surface area contributed by atoms with E-state index in [0.29, 0.717) is 22.9 Å². The summed E-state index contributed by atoms with van der Waals surface area (Å²) in [6, 6.07) is 7.69. The lowest BCUT2D eigenvalue weighted by molar-refractivity contribution is -0.118. The summed E-state index contributed by atoms with van der Waals surface area (Å²) in [5.74, 6) is 1.35. The number of ketones is 1. The molecule has 5 rings (SSSR count). The monoisotopic (exact) mass is 378 g/mol. The summed E-state index contributed by atoms with van der Waals surface area (Å²) in [5, 5.41) is 4.13. The first-order valence-electron chi connectivity index (χ1n) is 8.90. The highest BCUT2D eigenvalue weighted by Gasteiger charge is 2.43. The lowest BCUT2D eigenvalue weighted by Gasteiger charge is -2.39. The molecule has 0 fully saturated rings. The molecule has 5 nitrogen and oxygen atoms in total. The minimum atomic E-state index is -0.225. The quantitative estimate of drug-likeness (QED) is 0.691. The molecule has 0 saturated carbocycles. The standard InChI is InChI=1S/C21H18N2O3S/c1-21(2)8-12-17(13(24)9-21)19(15-6-7-16(22-3)27-15)18-11(23-12)4-5-14-20(18)26-10-25-14/h4-7,19,23H,8-10H2,1-2H3. The van der Waals surface area contributed by atoms with Crippen LogP contribution < -0.4 is 14.8 Å². The van der Waals surface area contributed by atoms with Gasteiger partial charge in [0.2, 0.25) is 11.8 Å². The number of fused-ring (bicyclic) bond motifs is 3. The Hall–Kier alpha value is -2.78. The third-order valence-corrected chi connectivity index (χ3v) is 6.41. The average molecular weight is 378 g/mol. The van der Waals surface area contributed by atoms with Gasteiger partial charge in [0.1, 0.15) is 0 Å². The van der Waals surface area contributed by atoms with Crippen LogP contribution in [0, 0.1) is 12.0 Å². The maximum atomic E-state index is 13.2. The van der Waals surface area contributed by atoms with Crippen molar-refractivity contribution < 1.29 is 14.3 Å². The van der Waals surface area contributed by atoms with Crippen LogP contribution in [0.4, 0.5) is 10.7 Å². The van der Waals surface area contributed by atoms with Crippen LogP contribution in [0.5, 0.6) is 11.5 Å². The number of Topliss-reactive ketones (excluding diaryl/α,β-unsaturated/α-hetero) is 1. The number of nitrogens with zero attached hydrogens (tertiary/aromatic N) is 1. The van der Waals surface area contributed by atoms with Gasteiger partial charge in [-0.1, -0.05) is 19.9 Å². The van der Waals surface area contributed by atoms with Crippen molar-refractivity contribution in [3.63, 3.8) is 0 Å². The van der Waals surface area contributed by atoms with Crippen LogP contribution in [0.15, 0.2) is 35.5 Å². The minimum absolute atomic E-state index is 0.0710. The van der Waals surface area contributed by atoms with Crippen molar-refractivity contribution in [2.45, 2.75) is 32.6 Å². The number of ether oxygens (including phenoxy) is 2. The van der Waals surface area contributed by atoms with Gasteiger partial charge in [-0.15, -0.1) is 0 Å². The largest absolute Gasteiger partial charge is 0.454 e. The first kappa shape index (κ1) is 16.4. The zero-order valence-electron chi connectivity index (χ0n) is 15.1. The van der Waals surface area contributed by atoms with Crippen molar-refractivity contribution >= 4 is 27.8 Å². The molecule has 1 aromatic carbocycles. The first-order chi connectivity index (χ1) is 13.0. The van der Waals surface area contributed by atoms with Crippen molar-refractivity contribution in [1.82, 2.24) is 0 Å². The van der Waals surface area contributed by atoms with Crippen LogP contribution in [-0.2, 0) is 4.79 Å². The fraction of sp³-hybridized carbons (Fsp3) is 0.333. The van der Waals surface area contributed by atoms with E-state index in [1.54, 1.807) is 0 Å². The van der Waals surface area contributed by atoms with Gasteiger partial charge in [-0.2, -0.15) is 11.3 Å². The van der Waals surface area contributed by atoms with Crippen molar-refractivity contribution in [3.8, 4) is 11.5 Å². The topological polar surface area (TPSA) is 51.9 Å². The Labute approximate surface area is 161 Å². The SMILES string of the molecule is [C-]#[N+]c1ccc(C2C3=C(CC(C)(C)CC3=O)Nc3ccc4c(c32)OCO4)s1. The van der Waals surface area contributed by atoms with Gasteiger partial charge in [-0.25, -0.2) is 4.85 Å². The molecule has 1 unspecified atom stereocenters. The summed E-state index contributed by atoms with van der Waals surface area (Å²) in [7, 11) is 0. The van der Waals surface area contributed by atoms with Gasteiger partial charge in [-0.3, -0.25) is 4.79 Å². The van der Waals surface area contributed by atoms with E-state index in [0.717, 1.165) is 33.8 Å². The highest BCUT2D eigenvalue weighted by Crippen LogP contribution is 2.55. The summed E-state index contributed by atoms with van der Waals surface area (Å²) >= 11 is 1.44. The van der Waals surface area contributed by atoms with Crippen molar-refractivity contribution in [1.29, 1.82) is 0 Å². The van der Waals surface area contributed by atoms with Crippen molar-refractivity contribution in [2.75, 3.05) is 12.1 Å². The molecule has 0 bridgehead atoms. The predicted molar refractivity (Wildman–Crippen MR) is 104 cm³/mol. The molecule has 6 heteroatoms. The molecule has 1 aliphatic carbocycles. The summed E-state index contributed by atoms with van der Waals surface area (Å²) < 4.78 is 11.4. The van der Waals surface area contributed by atoms with Crippen molar-refractivity contribution in [3.05, 3.63) is 57.4 Å². The molecule has 1 aromatic heterocycles. The van der Waals surface area contributed by atoms with E-state index in [1.807, 2.05) is 24.3 Å². The van der Waals surface area contributed by atoms with Gasteiger partial charge in [0.05, 0.1) is 12.5 Å². The normalized spacial score (nSPS) is 22.0. The zero-order valence-corrected chi connectivity index (χ0v) is 15.9. The third kappa shape index (κ3) is 2.46. The molecule has 1 atom stereocenters. The molecule has 2 aliphatic heterocycles. The van der Waals surface area contributed by atoms with Crippen LogP contribution >= 0.6 is 11.3 Å². The summed E-state index contributed by atoms with van der Waals surface area (Å²) in [4.78, 5) is 17.7. The molecular weight excluding hydrogens is 360 g/mol. The summed E-state index contributed by atoms with van der Waals surface area (Å²) in [6.07, 6.45) is 1.34. The predicted octanol–water partition coefficient (Wildman–Crippen LogP) is 5.23. The van der Waals surface area contributed by atoms with E-state index in [1.165, 1.54) is 11.3 Å². The molecule has 27 heavy (non-hydrogen) atoms. The fourth-order valence-corrected chi connectivity index (χ4v) is 5.23. The molecule has 1 N–H and O–H groups in total. The maximum absolute atomic E-state index is 13.2. The first-order valence-corrected chi connectivity index (χ1v) is 9.71. The number of hydrogen-bond acceptors (Lipinski definition) is 5. The molecule has 0 spiro atoms. The van der Waals surface area contributed by atoms with Crippen LogP contribution in [-0.4, -0.2) is 12.6 Å². The van der Waals surface area contributed by atoms with E-state index in [4.69, 9.17) is 16.0 Å². The lowest BCUT2D eigenvalue weighted by atomic mass is 9.70. The Morgan fingerprint density at radius 2 is 2.07 bits per heavy atom. The summed E-state index contributed by atoms with van der Waals surface area (Å²) in [6.45, 7) is 11.8. The lowest BCUT2D eigenvalue weighted by Crippen LogP contribution is -2.33. The molecule has 0 radical (unpaired) electrons. The molecule has 3 heterocycles. The van der Waals surface area contributed by atoms with Crippen LogP contribution in [0.1, 0.15) is 43.0 Å². The molecule has 3 aliphatic rings. The number of nitrogens with one attached hydrogen (secondary N) is 1. The Morgan fingerprint density at radius 1 is 1.22 bits per heavy atom. The highest BCUT2D eigenvalue weighted by molar-refractivity contribution is 7.16. The summed E-state index contributed by atoms with van der Waals surface area (Å²) in [5.41, 5.74) is 3.62. The minimum Gasteiger partial charge on any atom is -0.454 e. The van der Waals surface area contributed by atoms with E-state index in [-0.39, 0.29) is 23.9 Å². The third-order valence-electron chi connectivity index (χ3n) is 5.37. The number of carbonyl (C=O) groups excluding carboxylic acids is 1. The Bertz CT molecular complexity index is 1060. The van der Waals surface area contributed by atoms with Crippen LogP contribution in [0.2, 0.25) is 0 Å². The van der Waals surface area contributed by atoms with Gasteiger partial charge in [0, 0.05) is 33.8 Å². The van der Waals surface area contributed by atoms with E-state index in [2.05, 4.69) is 24.0 Å². The molecule has 136 valence electrons. The number of thiophene rings is 1. The number of hydrogen-bond donors (Lipinski definition) is 1. The highest BCUT2D eigenvalue weighted by atomic mass is 32.1. The Morgan fingerprint density at radius 3 is 2.85 bits per heavy atom. The van der Waals surface area contributed by atoms with Gasteiger partial charge < -0.3 is 14.8 Å². The van der Waals surface area contributed by atoms with E-state index in [9.17, 15) is 4.79 Å². The number of anilines is 1. The Balaban J connectivity index is 1.76. The Kier molecular flexibility index (Phi) is 3.40. The second-order valence-electron chi connectivity index (χ2n) is 7.94. The van der Waals surface area contributed by atoms with Gasteiger partial charge in [-0.05, 0) is 30.0 Å². The molecule has 0 amide bonds. The van der Waals surface area contributed by atoms with Crippen LogP contribution in [0.3, 0.4) is 0 Å². The maximum Gasteiger partial charge on any atom is 0.241 e. The number of rotatable bonds is 1. The van der Waals surface area contributed by atoms with Gasteiger partial charge >= 0.3 is 0 Å². The van der Waals surface area contributed by atoms with Gasteiger partial charge in [0.15, 0.2) is 17.3 Å². The molecular formula is C21H18N2O3S. The molecule has 2 aromatic rings. The van der Waals surface area contributed by atoms with E-state index >= 15 is 0 Å². The van der Waals surface area contributed by atoms with Gasteiger partial charge in [0.25, 0.3) is 0 Å². The van der Waals surface area contributed by atoms with Crippen molar-refractivity contribution in [2.24, 2.45) is 5.41 Å². The van der Waals surface area contributed by atoms with Crippen LogP contribution in [0.25, 0.3) is 4.85 Å². The molecule has 0 saturated heterocycles. The number of carbonyl (C=O) groups is 1. The second kappa shape index (κ2) is 5.61. The zero-order chi connectivity index (χ0) is 18.8. The number of benzene rings is 1. The average Bonchev–Trinajstić information content (AvgIpc) is 3.27. The smallest absolute Gasteiger partial charge is 0.241 e.